The summed E-state index contributed by atoms with van der Waals surface area (Å²) in [6.45, 7) is 1.18. The fraction of sp³-hybridized carbons (Fsp3) is 0.429. The third-order valence-electron chi connectivity index (χ3n) is 3.38. The molecule has 0 aromatic heterocycles. The zero-order valence-electron chi connectivity index (χ0n) is 10.4. The molecule has 1 heterocycles. The van der Waals surface area contributed by atoms with Crippen LogP contribution in [-0.4, -0.2) is 23.9 Å². The second-order valence-corrected chi connectivity index (χ2v) is 5.61. The Kier molecular flexibility index (Phi) is 4.54. The number of hydrogen-bond donors (Lipinski definition) is 0. The molecule has 0 bridgehead atoms. The van der Waals surface area contributed by atoms with Crippen LogP contribution < -0.4 is 0 Å². The van der Waals surface area contributed by atoms with Crippen LogP contribution in [0.2, 0.25) is 0 Å². The van der Waals surface area contributed by atoms with Crippen molar-refractivity contribution in [3.8, 4) is 6.07 Å². The van der Waals surface area contributed by atoms with Crippen LogP contribution in [0.5, 0.6) is 0 Å². The summed E-state index contributed by atoms with van der Waals surface area (Å²) in [5.74, 6) is -0.386. The van der Waals surface area contributed by atoms with E-state index in [1.165, 1.54) is 6.07 Å². The summed E-state index contributed by atoms with van der Waals surface area (Å²) < 4.78 is 14.3. The Morgan fingerprint density at radius 2 is 2.16 bits per heavy atom. The molecule has 0 atom stereocenters. The third kappa shape index (κ3) is 3.54. The van der Waals surface area contributed by atoms with E-state index in [0.29, 0.717) is 31.5 Å². The maximum Gasteiger partial charge on any atom is 0.227 e. The number of likely N-dealkylation sites (tertiary alicyclic amines) is 1. The molecule has 19 heavy (non-hydrogen) atoms. The van der Waals surface area contributed by atoms with Crippen LogP contribution >= 0.6 is 15.9 Å². The predicted octanol–water partition coefficient (Wildman–Crippen LogP) is 2.89. The van der Waals surface area contributed by atoms with Gasteiger partial charge in [-0.05, 0) is 36.6 Å². The van der Waals surface area contributed by atoms with Crippen molar-refractivity contribution in [2.24, 2.45) is 5.92 Å². The maximum atomic E-state index is 13.6. The quantitative estimate of drug-likeness (QED) is 0.839. The number of nitriles is 1. The summed E-state index contributed by atoms with van der Waals surface area (Å²) in [5.41, 5.74) is 0.404. The van der Waals surface area contributed by atoms with Gasteiger partial charge in [0.25, 0.3) is 0 Å². The number of benzene rings is 1. The van der Waals surface area contributed by atoms with E-state index in [0.717, 1.165) is 4.47 Å². The van der Waals surface area contributed by atoms with Gasteiger partial charge in [-0.15, -0.1) is 0 Å². The van der Waals surface area contributed by atoms with E-state index in [4.69, 9.17) is 5.26 Å². The molecule has 3 nitrogen and oxygen atoms in total. The number of amides is 1. The largest absolute Gasteiger partial charge is 0.342 e. The van der Waals surface area contributed by atoms with Crippen molar-refractivity contribution >= 4 is 21.8 Å². The molecule has 0 saturated carbocycles. The van der Waals surface area contributed by atoms with Gasteiger partial charge in [-0.25, -0.2) is 4.39 Å². The Balaban J connectivity index is 1.98. The second-order valence-electron chi connectivity index (χ2n) is 4.70. The van der Waals surface area contributed by atoms with Crippen molar-refractivity contribution in [3.05, 3.63) is 34.1 Å². The lowest BCUT2D eigenvalue weighted by atomic mass is 9.98. The van der Waals surface area contributed by atoms with Crippen LogP contribution in [0.15, 0.2) is 22.7 Å². The van der Waals surface area contributed by atoms with Gasteiger partial charge in [0.05, 0.1) is 12.5 Å². The highest BCUT2D eigenvalue weighted by molar-refractivity contribution is 9.10. The van der Waals surface area contributed by atoms with Crippen molar-refractivity contribution in [2.75, 3.05) is 13.1 Å². The number of piperidine rings is 1. The lowest BCUT2D eigenvalue weighted by molar-refractivity contribution is -0.131. The number of halogens is 2. The summed E-state index contributed by atoms with van der Waals surface area (Å²) in [6, 6.07) is 6.83. The van der Waals surface area contributed by atoms with E-state index in [2.05, 4.69) is 22.0 Å². The monoisotopic (exact) mass is 324 g/mol. The summed E-state index contributed by atoms with van der Waals surface area (Å²) in [5, 5.41) is 8.81. The normalized spacial score (nSPS) is 16.2. The first-order valence-corrected chi connectivity index (χ1v) is 7.01. The molecule has 100 valence electrons. The smallest absolute Gasteiger partial charge is 0.227 e. The van der Waals surface area contributed by atoms with Gasteiger partial charge in [-0.3, -0.25) is 4.79 Å². The number of carbonyl (C=O) groups excluding carboxylic acids is 1. The Hall–Kier alpha value is -1.41. The number of carbonyl (C=O) groups is 1. The molecule has 1 aromatic carbocycles. The van der Waals surface area contributed by atoms with Gasteiger partial charge < -0.3 is 4.90 Å². The molecule has 1 fully saturated rings. The minimum atomic E-state index is -0.358. The van der Waals surface area contributed by atoms with Crippen LogP contribution in [0.25, 0.3) is 0 Å². The summed E-state index contributed by atoms with van der Waals surface area (Å²) in [7, 11) is 0. The van der Waals surface area contributed by atoms with Crippen molar-refractivity contribution < 1.29 is 9.18 Å². The molecule has 1 amide bonds. The topological polar surface area (TPSA) is 44.1 Å². The highest BCUT2D eigenvalue weighted by atomic mass is 79.9. The van der Waals surface area contributed by atoms with Gasteiger partial charge in [0, 0.05) is 23.5 Å². The van der Waals surface area contributed by atoms with Crippen LogP contribution in [-0.2, 0) is 11.2 Å². The van der Waals surface area contributed by atoms with E-state index in [-0.39, 0.29) is 24.1 Å². The first kappa shape index (κ1) is 14.0. The van der Waals surface area contributed by atoms with Gasteiger partial charge in [0.15, 0.2) is 0 Å². The molecule has 1 saturated heterocycles. The first-order chi connectivity index (χ1) is 9.10. The zero-order chi connectivity index (χ0) is 13.8. The van der Waals surface area contributed by atoms with Gasteiger partial charge in [-0.2, -0.15) is 5.26 Å². The Morgan fingerprint density at radius 3 is 2.79 bits per heavy atom. The minimum absolute atomic E-state index is 0.0478. The van der Waals surface area contributed by atoms with Gasteiger partial charge in [-0.1, -0.05) is 15.9 Å². The standard InChI is InChI=1S/C14H14BrFN2O/c15-12-1-2-13(16)11(7-12)8-14(19)18-5-3-10(9-17)4-6-18/h1-2,7,10H,3-6,8H2. The highest BCUT2D eigenvalue weighted by Gasteiger charge is 2.23. The summed E-state index contributed by atoms with van der Waals surface area (Å²) in [6.07, 6.45) is 1.49. The fourth-order valence-electron chi connectivity index (χ4n) is 2.21. The Morgan fingerprint density at radius 1 is 1.47 bits per heavy atom. The Bertz CT molecular complexity index is 519. The second kappa shape index (κ2) is 6.16. The number of rotatable bonds is 2. The zero-order valence-corrected chi connectivity index (χ0v) is 12.0. The number of hydrogen-bond acceptors (Lipinski definition) is 2. The highest BCUT2D eigenvalue weighted by Crippen LogP contribution is 2.19. The van der Waals surface area contributed by atoms with E-state index in [9.17, 15) is 9.18 Å². The average Bonchev–Trinajstić information content (AvgIpc) is 2.43. The predicted molar refractivity (Wildman–Crippen MR) is 72.7 cm³/mol. The molecular weight excluding hydrogens is 311 g/mol. The molecule has 0 N–H and O–H groups in total. The van der Waals surface area contributed by atoms with Gasteiger partial charge in [0.1, 0.15) is 5.82 Å². The molecule has 1 aliphatic heterocycles. The molecule has 2 rings (SSSR count). The molecule has 1 aromatic rings. The third-order valence-corrected chi connectivity index (χ3v) is 3.87. The van der Waals surface area contributed by atoms with Gasteiger partial charge >= 0.3 is 0 Å². The van der Waals surface area contributed by atoms with Crippen LogP contribution in [0.3, 0.4) is 0 Å². The molecular formula is C14H14BrFN2O. The maximum absolute atomic E-state index is 13.6. The van der Waals surface area contributed by atoms with E-state index < -0.39 is 0 Å². The van der Waals surface area contributed by atoms with E-state index >= 15 is 0 Å². The van der Waals surface area contributed by atoms with Crippen LogP contribution in [0.4, 0.5) is 4.39 Å². The van der Waals surface area contributed by atoms with Crippen molar-refractivity contribution in [1.82, 2.24) is 4.90 Å². The molecule has 5 heteroatoms. The Labute approximate surface area is 120 Å². The number of nitrogens with zero attached hydrogens (tertiary/aromatic N) is 2. The molecule has 1 aliphatic rings. The van der Waals surface area contributed by atoms with Gasteiger partial charge in [0.2, 0.25) is 5.91 Å². The average molecular weight is 325 g/mol. The van der Waals surface area contributed by atoms with Crippen molar-refractivity contribution in [2.45, 2.75) is 19.3 Å². The summed E-state index contributed by atoms with van der Waals surface area (Å²) >= 11 is 3.27. The van der Waals surface area contributed by atoms with E-state index in [1.807, 2.05) is 0 Å². The van der Waals surface area contributed by atoms with E-state index in [1.54, 1.807) is 17.0 Å². The minimum Gasteiger partial charge on any atom is -0.342 e. The lowest BCUT2D eigenvalue weighted by Gasteiger charge is -2.29. The van der Waals surface area contributed by atoms with Crippen LogP contribution in [0.1, 0.15) is 18.4 Å². The first-order valence-electron chi connectivity index (χ1n) is 6.21. The summed E-state index contributed by atoms with van der Waals surface area (Å²) in [4.78, 5) is 13.8. The van der Waals surface area contributed by atoms with Crippen molar-refractivity contribution in [1.29, 1.82) is 5.26 Å². The fourth-order valence-corrected chi connectivity index (χ4v) is 2.62. The molecule has 0 unspecified atom stereocenters. The molecule has 0 radical (unpaired) electrons. The van der Waals surface area contributed by atoms with Crippen LogP contribution in [0, 0.1) is 23.1 Å². The molecule has 0 spiro atoms. The van der Waals surface area contributed by atoms with Crippen molar-refractivity contribution in [3.63, 3.8) is 0 Å². The lowest BCUT2D eigenvalue weighted by Crippen LogP contribution is -2.39. The SMILES string of the molecule is N#CC1CCN(C(=O)Cc2cc(Br)ccc2F)CC1. The molecule has 0 aliphatic carbocycles.